The highest BCUT2D eigenvalue weighted by molar-refractivity contribution is 5.66. The maximum absolute atomic E-state index is 10.3. The van der Waals surface area contributed by atoms with E-state index in [1.54, 1.807) is 0 Å². The first-order valence-corrected chi connectivity index (χ1v) is 17.3. The van der Waals surface area contributed by atoms with Gasteiger partial charge in [0.05, 0.1) is 0 Å². The summed E-state index contributed by atoms with van der Waals surface area (Å²) in [5.74, 6) is -1.33. The lowest BCUT2D eigenvalue weighted by Gasteiger charge is -1.99. The smallest absolute Gasteiger partial charge is 0.303 e. The zero-order valence-electron chi connectivity index (χ0n) is 26.8. The molecule has 0 aromatic carbocycles. The summed E-state index contributed by atoms with van der Waals surface area (Å²) in [5.41, 5.74) is 0. The quantitative estimate of drug-likeness (QED) is 0.0672. The molecule has 2 N–H and O–H groups in total. The van der Waals surface area contributed by atoms with E-state index in [1.807, 2.05) is 0 Å². The van der Waals surface area contributed by atoms with E-state index in [2.05, 4.69) is 38.2 Å². The summed E-state index contributed by atoms with van der Waals surface area (Å²) in [6.45, 7) is 4.52. The van der Waals surface area contributed by atoms with Crippen LogP contribution in [0, 0.1) is 0 Å². The zero-order chi connectivity index (χ0) is 29.8. The third-order valence-corrected chi connectivity index (χ3v) is 7.30. The van der Waals surface area contributed by atoms with Gasteiger partial charge in [0.15, 0.2) is 0 Å². The lowest BCUT2D eigenvalue weighted by Crippen LogP contribution is -1.93. The molecule has 0 saturated carbocycles. The molecule has 0 aromatic heterocycles. The van der Waals surface area contributed by atoms with Gasteiger partial charge >= 0.3 is 11.9 Å². The number of hydrogen-bond donors (Lipinski definition) is 2. The Morgan fingerprint density at radius 1 is 0.375 bits per heavy atom. The van der Waals surface area contributed by atoms with Crippen LogP contribution in [0.25, 0.3) is 0 Å². The van der Waals surface area contributed by atoms with Crippen molar-refractivity contribution in [3.8, 4) is 0 Å². The van der Waals surface area contributed by atoms with Gasteiger partial charge in [-0.15, -0.1) is 0 Å². The van der Waals surface area contributed by atoms with Crippen molar-refractivity contribution in [1.82, 2.24) is 0 Å². The second-order valence-electron chi connectivity index (χ2n) is 11.5. The van der Waals surface area contributed by atoms with Crippen LogP contribution >= 0.6 is 0 Å². The molecule has 0 saturated heterocycles. The van der Waals surface area contributed by atoms with Crippen molar-refractivity contribution in [3.05, 3.63) is 24.3 Å². The molecule has 0 radical (unpaired) electrons. The molecule has 40 heavy (non-hydrogen) atoms. The molecule has 0 bridgehead atoms. The predicted octanol–water partition coefficient (Wildman–Crippen LogP) is 12.2. The number of carbonyl (C=O) groups is 2. The second kappa shape index (κ2) is 37.4. The van der Waals surface area contributed by atoms with Crippen molar-refractivity contribution in [1.29, 1.82) is 0 Å². The molecule has 0 atom stereocenters. The number of aliphatic carboxylic acids is 2. The largest absolute Gasteiger partial charge is 0.481 e. The van der Waals surface area contributed by atoms with Crippen LogP contribution in [0.3, 0.4) is 0 Å². The average Bonchev–Trinajstić information content (AvgIpc) is 2.93. The highest BCUT2D eigenvalue weighted by atomic mass is 16.4. The predicted molar refractivity (Wildman–Crippen MR) is 174 cm³/mol. The lowest BCUT2D eigenvalue weighted by atomic mass is 10.1. The first-order chi connectivity index (χ1) is 19.5. The van der Waals surface area contributed by atoms with Crippen LogP contribution in [0.5, 0.6) is 0 Å². The Morgan fingerprint density at radius 2 is 0.600 bits per heavy atom. The fourth-order valence-corrected chi connectivity index (χ4v) is 4.69. The number of unbranched alkanes of at least 4 members (excludes halogenated alkanes) is 22. The van der Waals surface area contributed by atoms with E-state index in [0.717, 1.165) is 25.7 Å². The van der Waals surface area contributed by atoms with Crippen LogP contribution in [0.1, 0.15) is 194 Å². The van der Waals surface area contributed by atoms with Crippen molar-refractivity contribution in [2.75, 3.05) is 0 Å². The first-order valence-electron chi connectivity index (χ1n) is 17.3. The lowest BCUT2D eigenvalue weighted by molar-refractivity contribution is -0.138. The molecule has 4 heteroatoms. The van der Waals surface area contributed by atoms with E-state index in [-0.39, 0.29) is 0 Å². The van der Waals surface area contributed by atoms with E-state index in [4.69, 9.17) is 10.2 Å². The van der Waals surface area contributed by atoms with E-state index < -0.39 is 11.9 Å². The molecule has 0 fully saturated rings. The van der Waals surface area contributed by atoms with Crippen molar-refractivity contribution in [3.63, 3.8) is 0 Å². The Morgan fingerprint density at radius 3 is 0.850 bits per heavy atom. The van der Waals surface area contributed by atoms with Crippen molar-refractivity contribution in [2.45, 2.75) is 194 Å². The van der Waals surface area contributed by atoms with Crippen molar-refractivity contribution >= 4 is 11.9 Å². The summed E-state index contributed by atoms with van der Waals surface area (Å²) < 4.78 is 0. The Hall–Kier alpha value is -1.58. The summed E-state index contributed by atoms with van der Waals surface area (Å²) >= 11 is 0. The molecule has 0 aliphatic rings. The Bertz CT molecular complexity index is 517. The van der Waals surface area contributed by atoms with Crippen LogP contribution in [0.15, 0.2) is 24.3 Å². The standard InChI is InChI=1S/2C18H34O2/c2*1-2-3-4-5-6-7-8-9-10-11-12-13-14-15-16-17-18(19)20/h2*9-10H,2-8,11-17H2,1H3,(H,19,20)/b2*10-9-. The normalized spacial score (nSPS) is 11.2. The number of rotatable bonds is 30. The Balaban J connectivity index is 0. The van der Waals surface area contributed by atoms with Crippen LogP contribution in [-0.4, -0.2) is 22.2 Å². The van der Waals surface area contributed by atoms with Crippen molar-refractivity contribution in [2.24, 2.45) is 0 Å². The maximum Gasteiger partial charge on any atom is 0.303 e. The van der Waals surface area contributed by atoms with Crippen LogP contribution < -0.4 is 0 Å². The highest BCUT2D eigenvalue weighted by Crippen LogP contribution is 2.11. The summed E-state index contributed by atoms with van der Waals surface area (Å²) in [7, 11) is 0. The van der Waals surface area contributed by atoms with Gasteiger partial charge in [-0.05, 0) is 64.2 Å². The fraction of sp³-hybridized carbons (Fsp3) is 0.833. The Labute approximate surface area is 249 Å². The minimum absolute atomic E-state index is 0.332. The molecule has 0 aliphatic carbocycles. The minimum atomic E-state index is -0.664. The molecular formula is C36H68O4. The molecule has 0 unspecified atom stereocenters. The monoisotopic (exact) mass is 565 g/mol. The van der Waals surface area contributed by atoms with E-state index in [9.17, 15) is 9.59 Å². The van der Waals surface area contributed by atoms with Gasteiger partial charge in [-0.3, -0.25) is 9.59 Å². The third-order valence-electron chi connectivity index (χ3n) is 7.30. The van der Waals surface area contributed by atoms with Crippen LogP contribution in [-0.2, 0) is 9.59 Å². The highest BCUT2D eigenvalue weighted by Gasteiger charge is 1.97. The number of allylic oxidation sites excluding steroid dienone is 4. The summed E-state index contributed by atoms with van der Waals surface area (Å²) in [6, 6.07) is 0. The molecule has 0 aromatic rings. The molecule has 0 spiro atoms. The molecule has 4 nitrogen and oxygen atoms in total. The number of carboxylic acids is 2. The van der Waals surface area contributed by atoms with E-state index in [1.165, 1.54) is 141 Å². The van der Waals surface area contributed by atoms with Crippen LogP contribution in [0.2, 0.25) is 0 Å². The Kier molecular flexibility index (Phi) is 37.9. The molecule has 0 rings (SSSR count). The van der Waals surface area contributed by atoms with Gasteiger partial charge in [-0.2, -0.15) is 0 Å². The van der Waals surface area contributed by atoms with E-state index in [0.29, 0.717) is 12.8 Å². The van der Waals surface area contributed by atoms with Crippen molar-refractivity contribution < 1.29 is 19.8 Å². The fourth-order valence-electron chi connectivity index (χ4n) is 4.69. The minimum Gasteiger partial charge on any atom is -0.481 e. The van der Waals surface area contributed by atoms with Gasteiger partial charge in [-0.25, -0.2) is 0 Å². The average molecular weight is 565 g/mol. The third kappa shape index (κ3) is 43.5. The molecule has 0 aliphatic heterocycles. The zero-order valence-corrected chi connectivity index (χ0v) is 26.8. The van der Waals surface area contributed by atoms with Gasteiger partial charge in [0, 0.05) is 12.8 Å². The number of hydrogen-bond acceptors (Lipinski definition) is 2. The SMILES string of the molecule is CCCCCCCC/C=C\CCCCCCCC(=O)O.CCCCCCCC/C=C\CCCCCCCC(=O)O. The summed E-state index contributed by atoms with van der Waals surface area (Å²) in [6.07, 6.45) is 42.5. The second-order valence-corrected chi connectivity index (χ2v) is 11.5. The van der Waals surface area contributed by atoms with Gasteiger partial charge in [0.25, 0.3) is 0 Å². The van der Waals surface area contributed by atoms with Crippen LogP contribution in [0.4, 0.5) is 0 Å². The summed E-state index contributed by atoms with van der Waals surface area (Å²) in [4.78, 5) is 20.6. The first kappa shape index (κ1) is 40.6. The summed E-state index contributed by atoms with van der Waals surface area (Å²) in [5, 5.41) is 17.0. The van der Waals surface area contributed by atoms with Gasteiger partial charge in [0.1, 0.15) is 0 Å². The van der Waals surface area contributed by atoms with E-state index >= 15 is 0 Å². The number of carboxylic acid groups (broad SMARTS) is 2. The molecule has 0 heterocycles. The topological polar surface area (TPSA) is 74.6 Å². The molecule has 0 amide bonds. The maximum atomic E-state index is 10.3. The molecule has 236 valence electrons. The molecular weight excluding hydrogens is 496 g/mol. The van der Waals surface area contributed by atoms with Gasteiger partial charge < -0.3 is 10.2 Å². The van der Waals surface area contributed by atoms with Gasteiger partial charge in [0.2, 0.25) is 0 Å². The van der Waals surface area contributed by atoms with Gasteiger partial charge in [-0.1, -0.05) is 141 Å².